The summed E-state index contributed by atoms with van der Waals surface area (Å²) in [6, 6.07) is 1.25. The molecular weight excluding hydrogens is 223 g/mol. The van der Waals surface area contributed by atoms with Gasteiger partial charge in [0.15, 0.2) is 11.6 Å². The number of hydrogen-bond donors (Lipinski definition) is 2. The van der Waals surface area contributed by atoms with Crippen LogP contribution in [0.4, 0.5) is 10.2 Å². The largest absolute Gasteiger partial charge is 0.478 e. The van der Waals surface area contributed by atoms with E-state index in [2.05, 4.69) is 10.3 Å². The van der Waals surface area contributed by atoms with Crippen LogP contribution in [0, 0.1) is 5.82 Å². The summed E-state index contributed by atoms with van der Waals surface area (Å²) < 4.78 is 13.6. The van der Waals surface area contributed by atoms with Crippen molar-refractivity contribution in [2.75, 3.05) is 5.32 Å². The van der Waals surface area contributed by atoms with Gasteiger partial charge in [-0.25, -0.2) is 14.2 Å². The first-order valence-corrected chi connectivity index (χ1v) is 5.82. The highest BCUT2D eigenvalue weighted by Gasteiger charge is 2.16. The first-order chi connectivity index (χ1) is 8.16. The summed E-state index contributed by atoms with van der Waals surface area (Å²) in [5.41, 5.74) is -0.128. The van der Waals surface area contributed by atoms with Crippen molar-refractivity contribution in [2.24, 2.45) is 0 Å². The molecule has 92 valence electrons. The third kappa shape index (κ3) is 2.93. The van der Waals surface area contributed by atoms with Crippen LogP contribution in [0.3, 0.4) is 0 Å². The lowest BCUT2D eigenvalue weighted by Gasteiger charge is -2.23. The molecule has 0 amide bonds. The minimum Gasteiger partial charge on any atom is -0.478 e. The number of aromatic nitrogens is 1. The smallest absolute Gasteiger partial charge is 0.337 e. The fraction of sp³-hybridized carbons (Fsp3) is 0.500. The van der Waals surface area contributed by atoms with Gasteiger partial charge in [0, 0.05) is 12.2 Å². The van der Waals surface area contributed by atoms with Crippen LogP contribution in [0.5, 0.6) is 0 Å². The van der Waals surface area contributed by atoms with Crippen LogP contribution in [-0.2, 0) is 0 Å². The van der Waals surface area contributed by atoms with Crippen molar-refractivity contribution in [3.8, 4) is 0 Å². The zero-order chi connectivity index (χ0) is 12.3. The van der Waals surface area contributed by atoms with E-state index in [1.807, 2.05) is 0 Å². The maximum atomic E-state index is 13.6. The van der Waals surface area contributed by atoms with Gasteiger partial charge in [-0.05, 0) is 18.9 Å². The highest BCUT2D eigenvalue weighted by Crippen LogP contribution is 2.22. The number of anilines is 1. The molecule has 0 unspecified atom stereocenters. The number of nitrogens with one attached hydrogen (secondary N) is 1. The number of carboxylic acid groups (broad SMARTS) is 1. The maximum Gasteiger partial charge on any atom is 0.337 e. The van der Waals surface area contributed by atoms with E-state index < -0.39 is 11.8 Å². The standard InChI is InChI=1S/C12H15FN2O2/c13-10-6-8(12(16)17)7-14-11(10)15-9-4-2-1-3-5-9/h6-7,9H,1-5H2,(H,14,15)(H,16,17). The monoisotopic (exact) mass is 238 g/mol. The molecule has 1 aliphatic carbocycles. The zero-order valence-corrected chi connectivity index (χ0v) is 9.45. The summed E-state index contributed by atoms with van der Waals surface area (Å²) in [4.78, 5) is 14.5. The Morgan fingerprint density at radius 1 is 1.41 bits per heavy atom. The summed E-state index contributed by atoms with van der Waals surface area (Å²) >= 11 is 0. The van der Waals surface area contributed by atoms with E-state index in [0.717, 1.165) is 31.7 Å². The lowest BCUT2D eigenvalue weighted by atomic mass is 9.95. The van der Waals surface area contributed by atoms with Crippen molar-refractivity contribution < 1.29 is 14.3 Å². The second kappa shape index (κ2) is 5.12. The van der Waals surface area contributed by atoms with Gasteiger partial charge in [-0.3, -0.25) is 0 Å². The molecule has 0 spiro atoms. The van der Waals surface area contributed by atoms with Crippen molar-refractivity contribution in [1.29, 1.82) is 0 Å². The molecule has 1 aliphatic rings. The highest BCUT2D eigenvalue weighted by molar-refractivity contribution is 5.87. The van der Waals surface area contributed by atoms with Crippen LogP contribution in [0.1, 0.15) is 42.5 Å². The fourth-order valence-electron chi connectivity index (χ4n) is 2.10. The van der Waals surface area contributed by atoms with Gasteiger partial charge < -0.3 is 10.4 Å². The number of halogens is 1. The van der Waals surface area contributed by atoms with Crippen LogP contribution < -0.4 is 5.32 Å². The molecule has 0 aromatic carbocycles. The number of carboxylic acids is 1. The van der Waals surface area contributed by atoms with Gasteiger partial charge in [-0.1, -0.05) is 19.3 Å². The van der Waals surface area contributed by atoms with Crippen molar-refractivity contribution in [3.63, 3.8) is 0 Å². The van der Waals surface area contributed by atoms with Gasteiger partial charge in [-0.2, -0.15) is 0 Å². The molecule has 0 saturated heterocycles. The molecule has 1 heterocycles. The molecule has 2 rings (SSSR count). The Morgan fingerprint density at radius 2 is 2.12 bits per heavy atom. The molecule has 1 fully saturated rings. The number of carbonyl (C=O) groups is 1. The summed E-state index contributed by atoms with van der Waals surface area (Å²) in [7, 11) is 0. The Labute approximate surface area is 98.9 Å². The van der Waals surface area contributed by atoms with Gasteiger partial charge in [0.25, 0.3) is 0 Å². The summed E-state index contributed by atoms with van der Waals surface area (Å²) in [5, 5.41) is 11.7. The minimum absolute atomic E-state index is 0.128. The number of aromatic carboxylic acids is 1. The van der Waals surface area contributed by atoms with E-state index in [1.165, 1.54) is 12.6 Å². The maximum absolute atomic E-state index is 13.6. The van der Waals surface area contributed by atoms with Crippen LogP contribution in [0.15, 0.2) is 12.3 Å². The molecule has 0 bridgehead atoms. The second-order valence-corrected chi connectivity index (χ2v) is 4.34. The molecule has 1 aromatic rings. The first kappa shape index (κ1) is 11.8. The Bertz CT molecular complexity index is 417. The van der Waals surface area contributed by atoms with E-state index in [9.17, 15) is 9.18 Å². The number of pyridine rings is 1. The van der Waals surface area contributed by atoms with Crippen LogP contribution in [0.2, 0.25) is 0 Å². The van der Waals surface area contributed by atoms with Gasteiger partial charge in [0.05, 0.1) is 5.56 Å². The molecule has 0 aliphatic heterocycles. The van der Waals surface area contributed by atoms with Crippen molar-refractivity contribution in [1.82, 2.24) is 4.98 Å². The average molecular weight is 238 g/mol. The predicted molar refractivity (Wildman–Crippen MR) is 61.7 cm³/mol. The average Bonchev–Trinajstić information content (AvgIpc) is 2.33. The molecule has 0 radical (unpaired) electrons. The normalized spacial score (nSPS) is 16.8. The number of nitrogens with zero attached hydrogens (tertiary/aromatic N) is 1. The summed E-state index contributed by atoms with van der Waals surface area (Å²) in [6.07, 6.45) is 6.73. The lowest BCUT2D eigenvalue weighted by Crippen LogP contribution is -2.23. The molecule has 4 nitrogen and oxygen atoms in total. The van der Waals surface area contributed by atoms with Crippen LogP contribution >= 0.6 is 0 Å². The minimum atomic E-state index is -1.17. The fourth-order valence-corrected chi connectivity index (χ4v) is 2.10. The highest BCUT2D eigenvalue weighted by atomic mass is 19.1. The van der Waals surface area contributed by atoms with Crippen molar-refractivity contribution in [3.05, 3.63) is 23.6 Å². The second-order valence-electron chi connectivity index (χ2n) is 4.34. The molecule has 17 heavy (non-hydrogen) atoms. The number of hydrogen-bond acceptors (Lipinski definition) is 3. The van der Waals surface area contributed by atoms with E-state index >= 15 is 0 Å². The van der Waals surface area contributed by atoms with Crippen LogP contribution in [0.25, 0.3) is 0 Å². The van der Waals surface area contributed by atoms with Gasteiger partial charge in [0.2, 0.25) is 0 Å². The molecule has 1 aromatic heterocycles. The molecule has 0 atom stereocenters. The summed E-state index contributed by atoms with van der Waals surface area (Å²) in [6.45, 7) is 0. The van der Waals surface area contributed by atoms with Gasteiger partial charge >= 0.3 is 5.97 Å². The van der Waals surface area contributed by atoms with E-state index in [-0.39, 0.29) is 17.4 Å². The molecule has 1 saturated carbocycles. The number of rotatable bonds is 3. The quantitative estimate of drug-likeness (QED) is 0.849. The van der Waals surface area contributed by atoms with E-state index in [0.29, 0.717) is 0 Å². The van der Waals surface area contributed by atoms with Crippen molar-refractivity contribution >= 4 is 11.8 Å². The molecular formula is C12H15FN2O2. The summed E-state index contributed by atoms with van der Waals surface area (Å²) in [5.74, 6) is -1.61. The third-order valence-electron chi connectivity index (χ3n) is 3.03. The Balaban J connectivity index is 2.08. The predicted octanol–water partition coefficient (Wildman–Crippen LogP) is 2.66. The third-order valence-corrected chi connectivity index (χ3v) is 3.03. The van der Waals surface area contributed by atoms with E-state index in [1.54, 1.807) is 0 Å². The van der Waals surface area contributed by atoms with Gasteiger partial charge in [0.1, 0.15) is 0 Å². The van der Waals surface area contributed by atoms with Crippen molar-refractivity contribution in [2.45, 2.75) is 38.1 Å². The van der Waals surface area contributed by atoms with E-state index in [4.69, 9.17) is 5.11 Å². The molecule has 2 N–H and O–H groups in total. The van der Waals surface area contributed by atoms with Gasteiger partial charge in [-0.15, -0.1) is 0 Å². The van der Waals surface area contributed by atoms with Crippen LogP contribution in [-0.4, -0.2) is 22.1 Å². The topological polar surface area (TPSA) is 62.2 Å². The Hall–Kier alpha value is -1.65. The SMILES string of the molecule is O=C(O)c1cnc(NC2CCCCC2)c(F)c1. The lowest BCUT2D eigenvalue weighted by molar-refractivity contribution is 0.0696. The zero-order valence-electron chi connectivity index (χ0n) is 9.45. The Kier molecular flexibility index (Phi) is 3.56. The molecule has 5 heteroatoms. The Morgan fingerprint density at radius 3 is 2.71 bits per heavy atom. The first-order valence-electron chi connectivity index (χ1n) is 5.82.